The van der Waals surface area contributed by atoms with E-state index in [0.29, 0.717) is 19.2 Å². The lowest BCUT2D eigenvalue weighted by Crippen LogP contribution is -2.47. The molecular weight excluding hydrogens is 178 g/mol. The quantitative estimate of drug-likeness (QED) is 0.707. The number of likely N-dealkylation sites (N-methyl/N-ethyl adjacent to an activating group) is 1. The fraction of sp³-hybridized carbons (Fsp3) is 1.00. The van der Waals surface area contributed by atoms with Crippen LogP contribution in [0, 0.1) is 5.92 Å². The maximum Gasteiger partial charge on any atom is 0.0768 e. The summed E-state index contributed by atoms with van der Waals surface area (Å²) in [5.74, 6) is 0.264. The van der Waals surface area contributed by atoms with Crippen LogP contribution in [0.15, 0.2) is 0 Å². The van der Waals surface area contributed by atoms with Crippen molar-refractivity contribution >= 4 is 0 Å². The minimum absolute atomic E-state index is 0.264. The second kappa shape index (κ2) is 5.69. The maximum atomic E-state index is 10.1. The third-order valence-corrected chi connectivity index (χ3v) is 2.97. The molecule has 0 saturated heterocycles. The number of aliphatic hydroxyl groups is 1. The Kier molecular flexibility index (Phi) is 5.64. The fourth-order valence-corrected chi connectivity index (χ4v) is 1.21. The van der Waals surface area contributed by atoms with Crippen LogP contribution in [-0.4, -0.2) is 49.0 Å². The monoisotopic (exact) mass is 203 g/mol. The van der Waals surface area contributed by atoms with Crippen molar-refractivity contribution < 1.29 is 9.84 Å². The molecule has 0 aliphatic rings. The van der Waals surface area contributed by atoms with Crippen molar-refractivity contribution in [3.8, 4) is 0 Å². The van der Waals surface area contributed by atoms with Crippen molar-refractivity contribution in [3.05, 3.63) is 0 Å². The van der Waals surface area contributed by atoms with Crippen molar-refractivity contribution in [1.82, 2.24) is 4.90 Å². The van der Waals surface area contributed by atoms with Gasteiger partial charge in [-0.3, -0.25) is 4.90 Å². The second-order valence-electron chi connectivity index (χ2n) is 4.73. The van der Waals surface area contributed by atoms with Crippen LogP contribution in [0.3, 0.4) is 0 Å². The fourth-order valence-electron chi connectivity index (χ4n) is 1.21. The normalized spacial score (nSPS) is 18.6. The number of rotatable bonds is 6. The largest absolute Gasteiger partial charge is 0.389 e. The topological polar surface area (TPSA) is 32.7 Å². The zero-order valence-corrected chi connectivity index (χ0v) is 10.4. The lowest BCUT2D eigenvalue weighted by molar-refractivity contribution is -0.0274. The molecule has 0 radical (unpaired) electrons. The van der Waals surface area contributed by atoms with Crippen LogP contribution in [0.25, 0.3) is 0 Å². The van der Waals surface area contributed by atoms with E-state index < -0.39 is 5.60 Å². The maximum absolute atomic E-state index is 10.1. The molecule has 0 bridgehead atoms. The molecule has 0 saturated carbocycles. The minimum Gasteiger partial charge on any atom is -0.389 e. The Morgan fingerprint density at radius 1 is 1.36 bits per heavy atom. The molecule has 0 aliphatic carbocycles. The number of hydrogen-bond acceptors (Lipinski definition) is 3. The summed E-state index contributed by atoms with van der Waals surface area (Å²) < 4.78 is 5.08. The first-order valence-corrected chi connectivity index (χ1v) is 5.22. The van der Waals surface area contributed by atoms with E-state index >= 15 is 0 Å². The van der Waals surface area contributed by atoms with E-state index in [4.69, 9.17) is 4.74 Å². The third kappa shape index (κ3) is 4.40. The highest BCUT2D eigenvalue weighted by Crippen LogP contribution is 2.17. The lowest BCUT2D eigenvalue weighted by Gasteiger charge is -2.35. The van der Waals surface area contributed by atoms with Gasteiger partial charge in [-0.25, -0.2) is 0 Å². The van der Waals surface area contributed by atoms with E-state index in [0.717, 1.165) is 0 Å². The van der Waals surface area contributed by atoms with Gasteiger partial charge in [0.2, 0.25) is 0 Å². The van der Waals surface area contributed by atoms with Crippen molar-refractivity contribution in [1.29, 1.82) is 0 Å². The van der Waals surface area contributed by atoms with Gasteiger partial charge < -0.3 is 9.84 Å². The highest BCUT2D eigenvalue weighted by molar-refractivity contribution is 4.81. The van der Waals surface area contributed by atoms with Gasteiger partial charge in [0.25, 0.3) is 0 Å². The molecule has 0 fully saturated rings. The van der Waals surface area contributed by atoms with Crippen LogP contribution in [-0.2, 0) is 4.74 Å². The van der Waals surface area contributed by atoms with Gasteiger partial charge in [0.1, 0.15) is 0 Å². The molecule has 14 heavy (non-hydrogen) atoms. The second-order valence-corrected chi connectivity index (χ2v) is 4.73. The SMILES string of the molecule is COCC(C)N(C)CC(C)(O)C(C)C. The van der Waals surface area contributed by atoms with E-state index in [1.165, 1.54) is 0 Å². The molecule has 1 N–H and O–H groups in total. The zero-order valence-electron chi connectivity index (χ0n) is 10.4. The predicted octanol–water partition coefficient (Wildman–Crippen LogP) is 1.36. The smallest absolute Gasteiger partial charge is 0.0768 e. The highest BCUT2D eigenvalue weighted by atomic mass is 16.5. The van der Waals surface area contributed by atoms with E-state index in [1.54, 1.807) is 7.11 Å². The summed E-state index contributed by atoms with van der Waals surface area (Å²) >= 11 is 0. The Balaban J connectivity index is 4.10. The van der Waals surface area contributed by atoms with Crippen molar-refractivity contribution in [3.63, 3.8) is 0 Å². The average Bonchev–Trinajstić information content (AvgIpc) is 2.03. The molecule has 0 rings (SSSR count). The summed E-state index contributed by atoms with van der Waals surface area (Å²) in [4.78, 5) is 2.13. The Labute approximate surface area is 88.1 Å². The first-order valence-electron chi connectivity index (χ1n) is 5.22. The van der Waals surface area contributed by atoms with Gasteiger partial charge in [0.05, 0.1) is 12.2 Å². The summed E-state index contributed by atoms with van der Waals surface area (Å²) in [6.07, 6.45) is 0. The molecule has 0 aliphatic heterocycles. The number of ether oxygens (including phenoxy) is 1. The zero-order chi connectivity index (χ0) is 11.4. The molecule has 0 amide bonds. The molecule has 0 aromatic carbocycles. The molecule has 2 unspecified atom stereocenters. The van der Waals surface area contributed by atoms with E-state index in [9.17, 15) is 5.11 Å². The van der Waals surface area contributed by atoms with Crippen LogP contribution in [0.1, 0.15) is 27.7 Å². The molecule has 3 heteroatoms. The first kappa shape index (κ1) is 13.9. The Morgan fingerprint density at radius 2 is 1.86 bits per heavy atom. The van der Waals surface area contributed by atoms with Crippen LogP contribution in [0.5, 0.6) is 0 Å². The first-order chi connectivity index (χ1) is 6.31. The van der Waals surface area contributed by atoms with Gasteiger partial charge in [-0.2, -0.15) is 0 Å². The van der Waals surface area contributed by atoms with Crippen LogP contribution in [0.4, 0.5) is 0 Å². The number of methoxy groups -OCH3 is 1. The van der Waals surface area contributed by atoms with Gasteiger partial charge in [-0.15, -0.1) is 0 Å². The standard InChI is InChI=1S/C11H25NO2/c1-9(2)11(4,13)8-12(5)10(3)7-14-6/h9-10,13H,7-8H2,1-6H3. The Hall–Kier alpha value is -0.120. The van der Waals surface area contributed by atoms with Gasteiger partial charge >= 0.3 is 0 Å². The van der Waals surface area contributed by atoms with Crippen LogP contribution < -0.4 is 0 Å². The lowest BCUT2D eigenvalue weighted by atomic mass is 9.92. The van der Waals surface area contributed by atoms with Gasteiger partial charge in [-0.05, 0) is 26.8 Å². The molecule has 86 valence electrons. The third-order valence-electron chi connectivity index (χ3n) is 2.97. The van der Waals surface area contributed by atoms with E-state index in [-0.39, 0.29) is 5.92 Å². The van der Waals surface area contributed by atoms with Gasteiger partial charge in [0.15, 0.2) is 0 Å². The van der Waals surface area contributed by atoms with Gasteiger partial charge in [-0.1, -0.05) is 13.8 Å². The van der Waals surface area contributed by atoms with E-state index in [1.807, 2.05) is 27.8 Å². The predicted molar refractivity (Wildman–Crippen MR) is 59.4 cm³/mol. The molecule has 0 aromatic heterocycles. The molecule has 0 heterocycles. The summed E-state index contributed by atoms with van der Waals surface area (Å²) in [5.41, 5.74) is -0.628. The molecule has 2 atom stereocenters. The van der Waals surface area contributed by atoms with Crippen molar-refractivity contribution in [2.24, 2.45) is 5.92 Å². The minimum atomic E-state index is -0.628. The summed E-state index contributed by atoms with van der Waals surface area (Å²) in [5, 5.41) is 10.1. The highest BCUT2D eigenvalue weighted by Gasteiger charge is 2.27. The molecule has 3 nitrogen and oxygen atoms in total. The molecule has 0 aromatic rings. The van der Waals surface area contributed by atoms with Crippen molar-refractivity contribution in [2.75, 3.05) is 27.3 Å². The van der Waals surface area contributed by atoms with Crippen LogP contribution >= 0.6 is 0 Å². The Morgan fingerprint density at radius 3 is 2.21 bits per heavy atom. The molecule has 0 spiro atoms. The molecular formula is C11H25NO2. The summed E-state index contributed by atoms with van der Waals surface area (Å²) in [7, 11) is 3.71. The summed E-state index contributed by atoms with van der Waals surface area (Å²) in [6, 6.07) is 0.338. The number of hydrogen-bond donors (Lipinski definition) is 1. The van der Waals surface area contributed by atoms with Crippen molar-refractivity contribution in [2.45, 2.75) is 39.3 Å². The number of nitrogens with zero attached hydrogens (tertiary/aromatic N) is 1. The van der Waals surface area contributed by atoms with Crippen LogP contribution in [0.2, 0.25) is 0 Å². The average molecular weight is 203 g/mol. The van der Waals surface area contributed by atoms with Gasteiger partial charge in [0, 0.05) is 19.7 Å². The Bertz CT molecular complexity index is 157. The van der Waals surface area contributed by atoms with E-state index in [2.05, 4.69) is 11.8 Å². The summed E-state index contributed by atoms with van der Waals surface area (Å²) in [6.45, 7) is 9.43.